The molecule has 0 saturated carbocycles. The van der Waals surface area contributed by atoms with Crippen LogP contribution in [0.1, 0.15) is 12.0 Å². The summed E-state index contributed by atoms with van der Waals surface area (Å²) in [5.41, 5.74) is 3.23. The van der Waals surface area contributed by atoms with Gasteiger partial charge in [0.25, 0.3) is 5.56 Å². The lowest BCUT2D eigenvalue weighted by molar-refractivity contribution is 0.613. The normalized spacial score (nSPS) is 14.6. The van der Waals surface area contributed by atoms with Crippen LogP contribution in [0.15, 0.2) is 29.2 Å². The molecule has 0 saturated heterocycles. The van der Waals surface area contributed by atoms with Crippen molar-refractivity contribution in [2.75, 3.05) is 0 Å². The highest BCUT2D eigenvalue weighted by atomic mass is 16.1. The molecule has 0 atom stereocenters. The minimum absolute atomic E-state index is 0.0182. The van der Waals surface area contributed by atoms with Crippen LogP contribution in [-0.2, 0) is 13.0 Å². The molecule has 0 N–H and O–H groups in total. The lowest BCUT2D eigenvalue weighted by Gasteiger charge is -2.17. The second-order valence-electron chi connectivity index (χ2n) is 3.64. The van der Waals surface area contributed by atoms with Crippen molar-refractivity contribution >= 4 is 11.0 Å². The van der Waals surface area contributed by atoms with E-state index in [0.717, 1.165) is 30.4 Å². The Bertz CT molecular complexity index is 557. The molecule has 0 spiro atoms. The van der Waals surface area contributed by atoms with E-state index in [1.54, 1.807) is 0 Å². The molecule has 1 aromatic carbocycles. The zero-order valence-electron chi connectivity index (χ0n) is 7.73. The summed E-state index contributed by atoms with van der Waals surface area (Å²) in [4.78, 5) is 15.7. The average Bonchev–Trinajstić information content (AvgIpc) is 2.24. The number of nitrogens with zero attached hydrogens (tertiary/aromatic N) is 2. The van der Waals surface area contributed by atoms with E-state index in [0.29, 0.717) is 0 Å². The third kappa shape index (κ3) is 0.923. The topological polar surface area (TPSA) is 34.9 Å². The number of aryl methyl sites for hydroxylation is 2. The van der Waals surface area contributed by atoms with Crippen LogP contribution in [0.4, 0.5) is 0 Å². The average molecular weight is 186 g/mol. The molecule has 2 aromatic rings. The summed E-state index contributed by atoms with van der Waals surface area (Å²) in [6.07, 6.45) is 3.52. The molecule has 1 aromatic heterocycles. The van der Waals surface area contributed by atoms with Crippen LogP contribution in [0, 0.1) is 0 Å². The Morgan fingerprint density at radius 2 is 2.29 bits per heavy atom. The van der Waals surface area contributed by atoms with Gasteiger partial charge in [0.1, 0.15) is 0 Å². The van der Waals surface area contributed by atoms with Crippen molar-refractivity contribution in [3.8, 4) is 0 Å². The first-order valence-electron chi connectivity index (χ1n) is 4.84. The van der Waals surface area contributed by atoms with Gasteiger partial charge in [-0.3, -0.25) is 4.79 Å². The van der Waals surface area contributed by atoms with Crippen molar-refractivity contribution in [2.24, 2.45) is 0 Å². The summed E-state index contributed by atoms with van der Waals surface area (Å²) >= 11 is 0. The highest BCUT2D eigenvalue weighted by Crippen LogP contribution is 2.21. The van der Waals surface area contributed by atoms with Crippen LogP contribution >= 0.6 is 0 Å². The van der Waals surface area contributed by atoms with Crippen LogP contribution in [0.3, 0.4) is 0 Å². The highest BCUT2D eigenvalue weighted by molar-refractivity contribution is 5.78. The first-order valence-corrected chi connectivity index (χ1v) is 4.84. The number of hydrogen-bond donors (Lipinski definition) is 0. The minimum Gasteiger partial charge on any atom is -0.305 e. The van der Waals surface area contributed by atoms with Gasteiger partial charge >= 0.3 is 0 Å². The van der Waals surface area contributed by atoms with Gasteiger partial charge in [0.05, 0.1) is 17.2 Å². The smallest absolute Gasteiger partial charge is 0.269 e. The van der Waals surface area contributed by atoms with Crippen LogP contribution in [0.25, 0.3) is 11.0 Å². The quantitative estimate of drug-likeness (QED) is 0.622. The van der Waals surface area contributed by atoms with Crippen molar-refractivity contribution in [1.29, 1.82) is 0 Å². The molecule has 70 valence electrons. The van der Waals surface area contributed by atoms with Crippen LogP contribution in [-0.4, -0.2) is 9.55 Å². The Labute approximate surface area is 81.0 Å². The standard InChI is InChI=1S/C11H10N2O/c14-10-7-12-9-5-1-3-8-4-2-6-13(10)11(8)9/h1,3,5,7H,2,4,6H2. The number of hydrogen-bond acceptors (Lipinski definition) is 2. The van der Waals surface area contributed by atoms with Crippen molar-refractivity contribution in [2.45, 2.75) is 19.4 Å². The van der Waals surface area contributed by atoms with E-state index in [9.17, 15) is 4.79 Å². The Hall–Kier alpha value is -1.64. The summed E-state index contributed by atoms with van der Waals surface area (Å²) in [7, 11) is 0. The Morgan fingerprint density at radius 3 is 3.21 bits per heavy atom. The van der Waals surface area contributed by atoms with E-state index >= 15 is 0 Å². The Morgan fingerprint density at radius 1 is 1.36 bits per heavy atom. The van der Waals surface area contributed by atoms with E-state index in [-0.39, 0.29) is 5.56 Å². The molecule has 3 nitrogen and oxygen atoms in total. The molecule has 1 aliphatic heterocycles. The molecular weight excluding hydrogens is 176 g/mol. The van der Waals surface area contributed by atoms with Gasteiger partial charge in [-0.15, -0.1) is 0 Å². The van der Waals surface area contributed by atoms with Gasteiger partial charge in [-0.05, 0) is 24.5 Å². The molecule has 2 heterocycles. The van der Waals surface area contributed by atoms with Crippen molar-refractivity contribution in [1.82, 2.24) is 9.55 Å². The fraction of sp³-hybridized carbons (Fsp3) is 0.273. The van der Waals surface area contributed by atoms with Gasteiger partial charge in [0, 0.05) is 6.54 Å². The maximum Gasteiger partial charge on any atom is 0.269 e. The maximum atomic E-state index is 11.6. The van der Waals surface area contributed by atoms with Crippen LogP contribution < -0.4 is 5.56 Å². The van der Waals surface area contributed by atoms with Gasteiger partial charge < -0.3 is 4.57 Å². The number of aromatic nitrogens is 2. The number of rotatable bonds is 0. The lowest BCUT2D eigenvalue weighted by Crippen LogP contribution is -2.24. The molecule has 0 aliphatic carbocycles. The monoisotopic (exact) mass is 186 g/mol. The molecule has 0 unspecified atom stereocenters. The summed E-state index contributed by atoms with van der Waals surface area (Å²) in [5, 5.41) is 0. The van der Waals surface area contributed by atoms with E-state index in [2.05, 4.69) is 11.1 Å². The minimum atomic E-state index is 0.0182. The second-order valence-corrected chi connectivity index (χ2v) is 3.64. The molecule has 0 fully saturated rings. The predicted octanol–water partition coefficient (Wildman–Crippen LogP) is 1.34. The largest absolute Gasteiger partial charge is 0.305 e. The van der Waals surface area contributed by atoms with Gasteiger partial charge in [-0.25, -0.2) is 4.98 Å². The first kappa shape index (κ1) is 7.74. The third-order valence-electron chi connectivity index (χ3n) is 2.78. The summed E-state index contributed by atoms with van der Waals surface area (Å²) in [5.74, 6) is 0. The molecule has 14 heavy (non-hydrogen) atoms. The van der Waals surface area contributed by atoms with E-state index in [1.807, 2.05) is 16.7 Å². The maximum absolute atomic E-state index is 11.6. The lowest BCUT2D eigenvalue weighted by atomic mass is 10.0. The molecule has 1 aliphatic rings. The molecule has 3 rings (SSSR count). The van der Waals surface area contributed by atoms with Gasteiger partial charge in [0.2, 0.25) is 0 Å². The van der Waals surface area contributed by atoms with E-state index in [1.165, 1.54) is 11.8 Å². The predicted molar refractivity (Wildman–Crippen MR) is 54.3 cm³/mol. The fourth-order valence-corrected chi connectivity index (χ4v) is 2.15. The summed E-state index contributed by atoms with van der Waals surface area (Å²) < 4.78 is 1.83. The zero-order valence-corrected chi connectivity index (χ0v) is 7.73. The van der Waals surface area contributed by atoms with Crippen molar-refractivity contribution < 1.29 is 0 Å². The third-order valence-corrected chi connectivity index (χ3v) is 2.78. The molecule has 3 heteroatoms. The van der Waals surface area contributed by atoms with E-state index in [4.69, 9.17) is 0 Å². The van der Waals surface area contributed by atoms with Gasteiger partial charge in [-0.1, -0.05) is 12.1 Å². The van der Waals surface area contributed by atoms with Gasteiger partial charge in [0.15, 0.2) is 0 Å². The number of para-hydroxylation sites is 1. The second kappa shape index (κ2) is 2.67. The summed E-state index contributed by atoms with van der Waals surface area (Å²) in [6, 6.07) is 6.05. The van der Waals surface area contributed by atoms with Crippen LogP contribution in [0.2, 0.25) is 0 Å². The van der Waals surface area contributed by atoms with Crippen molar-refractivity contribution in [3.63, 3.8) is 0 Å². The molecule has 0 bridgehead atoms. The highest BCUT2D eigenvalue weighted by Gasteiger charge is 2.12. The molecule has 0 radical (unpaired) electrons. The van der Waals surface area contributed by atoms with Gasteiger partial charge in [-0.2, -0.15) is 0 Å². The van der Waals surface area contributed by atoms with E-state index < -0.39 is 0 Å². The Kier molecular flexibility index (Phi) is 1.48. The SMILES string of the molecule is O=c1cnc2cccc3c2n1CCC3. The van der Waals surface area contributed by atoms with Crippen molar-refractivity contribution in [3.05, 3.63) is 40.3 Å². The fourth-order valence-electron chi connectivity index (χ4n) is 2.15. The zero-order chi connectivity index (χ0) is 9.54. The first-order chi connectivity index (χ1) is 6.86. The molecular formula is C11H10N2O. The van der Waals surface area contributed by atoms with Crippen LogP contribution in [0.5, 0.6) is 0 Å². The summed E-state index contributed by atoms with van der Waals surface area (Å²) in [6.45, 7) is 0.828. The molecule has 0 amide bonds. The Balaban J connectivity index is 2.57. The number of benzene rings is 1.